The Hall–Kier alpha value is -3.09. The van der Waals surface area contributed by atoms with Gasteiger partial charge in [0.2, 0.25) is 5.91 Å². The number of benzene rings is 1. The maximum atomic E-state index is 10.8. The highest BCUT2D eigenvalue weighted by molar-refractivity contribution is 5.90. The summed E-state index contributed by atoms with van der Waals surface area (Å²) >= 11 is 0. The van der Waals surface area contributed by atoms with Crippen molar-refractivity contribution < 1.29 is 18.9 Å². The topological polar surface area (TPSA) is 109 Å². The number of carbonyl (C=O) groups excluding carboxylic acids is 1. The molecule has 0 spiro atoms. The third-order valence-corrected chi connectivity index (χ3v) is 2.78. The Bertz CT molecular complexity index is 733. The van der Waals surface area contributed by atoms with Gasteiger partial charge in [0.05, 0.1) is 23.2 Å². The summed E-state index contributed by atoms with van der Waals surface area (Å²) in [5.41, 5.74) is 5.54. The van der Waals surface area contributed by atoms with Crippen LogP contribution in [0.15, 0.2) is 40.8 Å². The molecule has 2 aromatic rings. The molecule has 0 bridgehead atoms. The Balaban J connectivity index is 2.39. The van der Waals surface area contributed by atoms with Gasteiger partial charge in [0, 0.05) is 12.1 Å². The fraction of sp³-hybridized carbons (Fsp3) is 0.133. The van der Waals surface area contributed by atoms with E-state index in [2.05, 4.69) is 0 Å². The minimum absolute atomic E-state index is 0.0624. The van der Waals surface area contributed by atoms with E-state index in [4.69, 9.17) is 14.9 Å². The molecule has 1 aromatic heterocycles. The number of primary amides is 1. The monoisotopic (exact) mass is 302 g/mol. The normalized spacial score (nSPS) is 10.8. The van der Waals surface area contributed by atoms with E-state index in [1.807, 2.05) is 0 Å². The summed E-state index contributed by atoms with van der Waals surface area (Å²) in [5, 5.41) is 10.8. The number of nitro benzene ring substituents is 1. The third-order valence-electron chi connectivity index (χ3n) is 2.78. The number of amides is 1. The van der Waals surface area contributed by atoms with Crippen LogP contribution in [0, 0.1) is 10.1 Å². The number of ether oxygens (including phenoxy) is 1. The lowest BCUT2D eigenvalue weighted by Gasteiger charge is -2.07. The van der Waals surface area contributed by atoms with Crippen LogP contribution in [0.2, 0.25) is 0 Å². The summed E-state index contributed by atoms with van der Waals surface area (Å²) in [5.74, 6) is 0.692. The van der Waals surface area contributed by atoms with Crippen molar-refractivity contribution in [3.63, 3.8) is 0 Å². The molecular formula is C15H14N2O5. The fourth-order valence-corrected chi connectivity index (χ4v) is 1.85. The number of furan rings is 1. The number of carbonyl (C=O) groups is 1. The van der Waals surface area contributed by atoms with E-state index in [1.165, 1.54) is 24.3 Å². The number of rotatable bonds is 6. The number of hydrogen-bond acceptors (Lipinski definition) is 5. The van der Waals surface area contributed by atoms with Crippen LogP contribution in [-0.2, 0) is 4.79 Å². The Morgan fingerprint density at radius 1 is 1.41 bits per heavy atom. The number of nitrogens with zero attached hydrogens (tertiary/aromatic N) is 1. The molecule has 0 fully saturated rings. The Kier molecular flexibility index (Phi) is 4.57. The number of hydrogen-bond donors (Lipinski definition) is 1. The number of non-ortho nitro benzene ring substituents is 1. The van der Waals surface area contributed by atoms with Crippen molar-refractivity contribution in [2.45, 2.75) is 6.92 Å². The van der Waals surface area contributed by atoms with Crippen molar-refractivity contribution >= 4 is 17.7 Å². The molecule has 1 aromatic carbocycles. The van der Waals surface area contributed by atoms with Gasteiger partial charge in [0.15, 0.2) is 0 Å². The van der Waals surface area contributed by atoms with Crippen molar-refractivity contribution in [3.05, 3.63) is 52.3 Å². The quantitative estimate of drug-likeness (QED) is 0.501. The van der Waals surface area contributed by atoms with E-state index < -0.39 is 10.8 Å². The predicted molar refractivity (Wildman–Crippen MR) is 80.2 cm³/mol. The van der Waals surface area contributed by atoms with E-state index in [1.54, 1.807) is 25.1 Å². The Morgan fingerprint density at radius 2 is 2.18 bits per heavy atom. The van der Waals surface area contributed by atoms with Gasteiger partial charge in [-0.05, 0) is 31.2 Å². The molecule has 0 radical (unpaired) electrons. The first-order valence-corrected chi connectivity index (χ1v) is 6.50. The van der Waals surface area contributed by atoms with Crippen LogP contribution >= 0.6 is 0 Å². The fourth-order valence-electron chi connectivity index (χ4n) is 1.85. The van der Waals surface area contributed by atoms with Gasteiger partial charge in [-0.15, -0.1) is 0 Å². The average molecular weight is 302 g/mol. The van der Waals surface area contributed by atoms with E-state index in [9.17, 15) is 14.9 Å². The highest BCUT2D eigenvalue weighted by atomic mass is 16.6. The second-order valence-corrected chi connectivity index (χ2v) is 4.31. The van der Waals surface area contributed by atoms with E-state index in [-0.39, 0.29) is 5.69 Å². The lowest BCUT2D eigenvalue weighted by molar-refractivity contribution is -0.384. The van der Waals surface area contributed by atoms with Crippen LogP contribution in [0.3, 0.4) is 0 Å². The van der Waals surface area contributed by atoms with Crippen LogP contribution in [0.1, 0.15) is 12.7 Å². The largest absolute Gasteiger partial charge is 0.493 e. The van der Waals surface area contributed by atoms with Gasteiger partial charge in [0.1, 0.15) is 17.3 Å². The number of nitro groups is 1. The number of nitrogens with two attached hydrogens (primary N) is 1. The summed E-state index contributed by atoms with van der Waals surface area (Å²) in [6.45, 7) is 2.15. The molecule has 2 N–H and O–H groups in total. The van der Waals surface area contributed by atoms with Gasteiger partial charge in [-0.3, -0.25) is 14.9 Å². The van der Waals surface area contributed by atoms with Gasteiger partial charge < -0.3 is 14.9 Å². The minimum atomic E-state index is -0.580. The minimum Gasteiger partial charge on any atom is -0.493 e. The molecule has 7 heteroatoms. The first-order chi connectivity index (χ1) is 10.5. The molecule has 0 aliphatic rings. The first kappa shape index (κ1) is 15.3. The molecule has 0 aliphatic carbocycles. The summed E-state index contributed by atoms with van der Waals surface area (Å²) in [6, 6.07) is 7.62. The zero-order valence-electron chi connectivity index (χ0n) is 11.8. The van der Waals surface area contributed by atoms with Crippen LogP contribution < -0.4 is 10.5 Å². The molecule has 0 unspecified atom stereocenters. The first-order valence-electron chi connectivity index (χ1n) is 6.50. The molecular weight excluding hydrogens is 288 g/mol. The maximum Gasteiger partial charge on any atom is 0.273 e. The van der Waals surface area contributed by atoms with Gasteiger partial charge in [-0.2, -0.15) is 0 Å². The van der Waals surface area contributed by atoms with Crippen LogP contribution in [0.5, 0.6) is 5.75 Å². The van der Waals surface area contributed by atoms with E-state index in [0.717, 1.165) is 0 Å². The van der Waals surface area contributed by atoms with E-state index >= 15 is 0 Å². The van der Waals surface area contributed by atoms with Crippen molar-refractivity contribution in [1.82, 2.24) is 0 Å². The highest BCUT2D eigenvalue weighted by Gasteiger charge is 2.15. The molecule has 0 aliphatic heterocycles. The van der Waals surface area contributed by atoms with Crippen LogP contribution in [0.4, 0.5) is 5.69 Å². The Morgan fingerprint density at radius 3 is 2.82 bits per heavy atom. The molecule has 0 saturated heterocycles. The van der Waals surface area contributed by atoms with Crippen molar-refractivity contribution in [1.29, 1.82) is 0 Å². The highest BCUT2D eigenvalue weighted by Crippen LogP contribution is 2.34. The molecule has 7 nitrogen and oxygen atoms in total. The average Bonchev–Trinajstić information content (AvgIpc) is 2.94. The van der Waals surface area contributed by atoms with Crippen molar-refractivity contribution in [3.8, 4) is 17.1 Å². The molecule has 0 atom stereocenters. The van der Waals surface area contributed by atoms with Crippen LogP contribution in [-0.4, -0.2) is 17.4 Å². The Labute approximate surface area is 126 Å². The van der Waals surface area contributed by atoms with Crippen molar-refractivity contribution in [2.75, 3.05) is 6.61 Å². The zero-order valence-corrected chi connectivity index (χ0v) is 11.8. The van der Waals surface area contributed by atoms with Gasteiger partial charge in [-0.25, -0.2) is 0 Å². The van der Waals surface area contributed by atoms with E-state index in [0.29, 0.717) is 29.4 Å². The zero-order chi connectivity index (χ0) is 16.1. The summed E-state index contributed by atoms with van der Waals surface area (Å²) in [4.78, 5) is 21.0. The van der Waals surface area contributed by atoms with Gasteiger partial charge in [0.25, 0.3) is 5.69 Å². The van der Waals surface area contributed by atoms with Crippen molar-refractivity contribution in [2.24, 2.45) is 5.73 Å². The third kappa shape index (κ3) is 3.51. The van der Waals surface area contributed by atoms with Gasteiger partial charge in [-0.1, -0.05) is 0 Å². The van der Waals surface area contributed by atoms with Gasteiger partial charge >= 0.3 is 0 Å². The SMILES string of the molecule is CCOc1cc([N+](=O)[O-])ccc1-c1ccc(/C=C\C(N)=O)o1. The molecule has 1 heterocycles. The lowest BCUT2D eigenvalue weighted by atomic mass is 10.1. The molecule has 22 heavy (non-hydrogen) atoms. The van der Waals surface area contributed by atoms with Crippen LogP contribution in [0.25, 0.3) is 17.4 Å². The molecule has 2 rings (SSSR count). The molecule has 114 valence electrons. The predicted octanol–water partition coefficient (Wildman–Crippen LogP) is 2.75. The molecule has 1 amide bonds. The second kappa shape index (κ2) is 6.57. The smallest absolute Gasteiger partial charge is 0.273 e. The maximum absolute atomic E-state index is 10.8. The summed E-state index contributed by atoms with van der Waals surface area (Å²) in [7, 11) is 0. The summed E-state index contributed by atoms with van der Waals surface area (Å²) < 4.78 is 11.0. The molecule has 0 saturated carbocycles. The second-order valence-electron chi connectivity index (χ2n) is 4.31. The summed E-state index contributed by atoms with van der Waals surface area (Å²) in [6.07, 6.45) is 2.62. The standard InChI is InChI=1S/C15H14N2O5/c1-2-21-14-9-10(17(19)20)3-6-12(14)13-7-4-11(22-13)5-8-15(16)18/h3-9H,2H2,1H3,(H2,16,18)/b8-5-. The lowest BCUT2D eigenvalue weighted by Crippen LogP contribution is -2.04.